The van der Waals surface area contributed by atoms with Gasteiger partial charge in [-0.2, -0.15) is 0 Å². The summed E-state index contributed by atoms with van der Waals surface area (Å²) in [5.74, 6) is 13.0. The largest absolute Gasteiger partial charge is 0.129 e. The van der Waals surface area contributed by atoms with E-state index in [4.69, 9.17) is 0 Å². The Morgan fingerprint density at radius 2 is 0.536 bits per heavy atom. The van der Waals surface area contributed by atoms with Gasteiger partial charge in [-0.25, -0.2) is 0 Å². The zero-order valence-electron chi connectivity index (χ0n) is 20.0. The van der Waals surface area contributed by atoms with Crippen LogP contribution in [0, 0.1) is 45.9 Å². The fourth-order valence-corrected chi connectivity index (χ4v) is 3.31. The summed E-state index contributed by atoms with van der Waals surface area (Å²) in [7, 11) is -5.96. The lowest BCUT2D eigenvalue weighted by Gasteiger charge is -2.04. The van der Waals surface area contributed by atoms with Crippen molar-refractivity contribution in [1.29, 1.82) is 0 Å². The average molecular weight is 437 g/mol. The number of hydrogen-bond donors (Lipinski definition) is 0. The zero-order valence-corrected chi connectivity index (χ0v) is 24.0. The van der Waals surface area contributed by atoms with Crippen molar-refractivity contribution in [3.05, 3.63) is 22.6 Å². The quantitative estimate of drug-likeness (QED) is 0.244. The van der Waals surface area contributed by atoms with Crippen LogP contribution in [0.2, 0.25) is 78.6 Å². The SMILES string of the molecule is C[Si](C)(C)C#CC(=C=C=C(C#C[Si](C)(C)C)C#C[Si](C)(C)C)C#C[Si](C)(C)C. The van der Waals surface area contributed by atoms with Crippen LogP contribution in [0.15, 0.2) is 22.6 Å². The predicted molar refractivity (Wildman–Crippen MR) is 139 cm³/mol. The predicted octanol–water partition coefficient (Wildman–Crippen LogP) is 6.12. The number of rotatable bonds is 0. The van der Waals surface area contributed by atoms with Crippen molar-refractivity contribution in [3.63, 3.8) is 0 Å². The molecule has 0 heterocycles. The molecule has 0 aromatic heterocycles. The van der Waals surface area contributed by atoms with Gasteiger partial charge in [0.25, 0.3) is 0 Å². The fourth-order valence-electron chi connectivity index (χ4n) is 1.31. The smallest absolute Gasteiger partial charge is 0.125 e. The molecule has 0 aliphatic heterocycles. The van der Waals surface area contributed by atoms with Crippen LogP contribution in [0.3, 0.4) is 0 Å². The minimum absolute atomic E-state index is 0.701. The van der Waals surface area contributed by atoms with Crippen LogP contribution in [0.1, 0.15) is 0 Å². The molecule has 0 nitrogen and oxygen atoms in total. The maximum atomic E-state index is 3.39. The molecule has 0 atom stereocenters. The first-order chi connectivity index (χ1) is 12.4. The Kier molecular flexibility index (Phi) is 9.68. The van der Waals surface area contributed by atoms with Crippen LogP contribution >= 0.6 is 0 Å². The molecular formula is C24H36Si4. The van der Waals surface area contributed by atoms with E-state index in [1.807, 2.05) is 0 Å². The second-order valence-corrected chi connectivity index (χ2v) is 30.0. The highest BCUT2D eigenvalue weighted by Crippen LogP contribution is 2.02. The molecule has 0 amide bonds. The second-order valence-electron chi connectivity index (χ2n) is 11.0. The monoisotopic (exact) mass is 436 g/mol. The standard InChI is InChI=1S/C24H36Si4/c1-25(2,3)19-15-23(16-20-26(4,5)6)13-14-24(17-21-27(7,8)9)18-22-28(10,11)12/h1-12H3. The molecule has 0 fully saturated rings. The summed E-state index contributed by atoms with van der Waals surface area (Å²) < 4.78 is 0. The maximum absolute atomic E-state index is 3.39. The lowest BCUT2D eigenvalue weighted by Crippen LogP contribution is -2.17. The topological polar surface area (TPSA) is 0 Å². The molecule has 0 saturated carbocycles. The lowest BCUT2D eigenvalue weighted by molar-refractivity contribution is 1.78. The molecule has 0 unspecified atom stereocenters. The van der Waals surface area contributed by atoms with E-state index >= 15 is 0 Å². The highest BCUT2D eigenvalue weighted by Gasteiger charge is 2.10. The highest BCUT2D eigenvalue weighted by molar-refractivity contribution is 6.85. The van der Waals surface area contributed by atoms with Gasteiger partial charge in [0.15, 0.2) is 0 Å². The van der Waals surface area contributed by atoms with Gasteiger partial charge in [-0.05, 0) is 11.5 Å². The third-order valence-corrected chi connectivity index (χ3v) is 6.06. The molecule has 0 aromatic rings. The summed E-state index contributed by atoms with van der Waals surface area (Å²) >= 11 is 0. The average Bonchev–Trinajstić information content (AvgIpc) is 2.44. The van der Waals surface area contributed by atoms with Gasteiger partial charge in [0.05, 0.1) is 0 Å². The first-order valence-corrected chi connectivity index (χ1v) is 23.8. The molecule has 0 N–H and O–H groups in total. The van der Waals surface area contributed by atoms with Gasteiger partial charge < -0.3 is 0 Å². The molecule has 0 bridgehead atoms. The van der Waals surface area contributed by atoms with E-state index in [0.29, 0.717) is 11.1 Å². The Morgan fingerprint density at radius 3 is 0.679 bits per heavy atom. The molecule has 0 saturated heterocycles. The third-order valence-electron chi connectivity index (χ3n) is 2.56. The van der Waals surface area contributed by atoms with Crippen LogP contribution < -0.4 is 0 Å². The van der Waals surface area contributed by atoms with E-state index in [1.54, 1.807) is 0 Å². The summed E-state index contributed by atoms with van der Waals surface area (Å²) in [4.78, 5) is 0. The summed E-state index contributed by atoms with van der Waals surface area (Å²) in [6, 6.07) is 0. The van der Waals surface area contributed by atoms with Crippen LogP contribution in [0.4, 0.5) is 0 Å². The first kappa shape index (κ1) is 26.4. The molecule has 0 aliphatic carbocycles. The Morgan fingerprint density at radius 1 is 0.357 bits per heavy atom. The Hall–Kier alpha value is -1.59. The molecular weight excluding hydrogens is 401 g/mol. The van der Waals surface area contributed by atoms with Gasteiger partial charge in [-0.15, -0.1) is 22.2 Å². The summed E-state index contributed by atoms with van der Waals surface area (Å²) in [6.45, 7) is 26.8. The second kappa shape index (κ2) is 10.3. The normalized spacial score (nSPS) is 10.9. The molecule has 0 aromatic carbocycles. The fraction of sp³-hybridized carbons (Fsp3) is 0.500. The maximum Gasteiger partial charge on any atom is 0.129 e. The van der Waals surface area contributed by atoms with Crippen molar-refractivity contribution in [2.75, 3.05) is 0 Å². The minimum atomic E-state index is -1.49. The van der Waals surface area contributed by atoms with E-state index < -0.39 is 32.3 Å². The van der Waals surface area contributed by atoms with Crippen LogP contribution in [-0.4, -0.2) is 32.3 Å². The van der Waals surface area contributed by atoms with Crippen molar-refractivity contribution < 1.29 is 0 Å². The molecule has 0 radical (unpaired) electrons. The van der Waals surface area contributed by atoms with Crippen molar-refractivity contribution in [3.8, 4) is 45.9 Å². The van der Waals surface area contributed by atoms with Gasteiger partial charge in [0, 0.05) is 0 Å². The Balaban J connectivity index is 6.75. The van der Waals surface area contributed by atoms with Gasteiger partial charge in [-0.3, -0.25) is 0 Å². The van der Waals surface area contributed by atoms with Crippen molar-refractivity contribution in [1.82, 2.24) is 0 Å². The van der Waals surface area contributed by atoms with Crippen molar-refractivity contribution >= 4 is 32.3 Å². The lowest BCUT2D eigenvalue weighted by atomic mass is 10.3. The molecule has 4 heteroatoms. The van der Waals surface area contributed by atoms with E-state index in [-0.39, 0.29) is 0 Å². The van der Waals surface area contributed by atoms with Gasteiger partial charge in [0.1, 0.15) is 43.4 Å². The minimum Gasteiger partial charge on any atom is -0.125 e. The molecule has 0 aliphatic rings. The zero-order chi connectivity index (χ0) is 22.2. The Bertz CT molecular complexity index is 777. The van der Waals surface area contributed by atoms with Crippen LogP contribution in [-0.2, 0) is 0 Å². The van der Waals surface area contributed by atoms with Crippen LogP contribution in [0.5, 0.6) is 0 Å². The van der Waals surface area contributed by atoms with E-state index in [0.717, 1.165) is 0 Å². The third kappa shape index (κ3) is 17.8. The van der Waals surface area contributed by atoms with Crippen LogP contribution in [0.25, 0.3) is 0 Å². The molecule has 148 valence electrons. The van der Waals surface area contributed by atoms with E-state index in [2.05, 4.69) is 136 Å². The number of allylic oxidation sites excluding steroid dienone is 2. The van der Waals surface area contributed by atoms with Crippen molar-refractivity contribution in [2.24, 2.45) is 0 Å². The Labute approximate surface area is 179 Å². The molecule has 0 spiro atoms. The first-order valence-electron chi connectivity index (χ1n) is 9.75. The van der Waals surface area contributed by atoms with Gasteiger partial charge in [0.2, 0.25) is 0 Å². The van der Waals surface area contributed by atoms with E-state index in [1.165, 1.54) is 0 Å². The van der Waals surface area contributed by atoms with Gasteiger partial charge >= 0.3 is 0 Å². The van der Waals surface area contributed by atoms with Gasteiger partial charge in [-0.1, -0.05) is 102 Å². The molecule has 0 rings (SSSR count). The molecule has 28 heavy (non-hydrogen) atoms. The van der Waals surface area contributed by atoms with Crippen molar-refractivity contribution in [2.45, 2.75) is 78.6 Å². The summed E-state index contributed by atoms with van der Waals surface area (Å²) in [6.07, 6.45) is 0. The number of hydrogen-bond acceptors (Lipinski definition) is 0. The summed E-state index contributed by atoms with van der Waals surface area (Å²) in [5.41, 5.74) is 21.3. The summed E-state index contributed by atoms with van der Waals surface area (Å²) in [5, 5.41) is 0. The van der Waals surface area contributed by atoms with E-state index in [9.17, 15) is 0 Å². The highest BCUT2D eigenvalue weighted by atomic mass is 28.3.